The number of rotatable bonds is 7. The van der Waals surface area contributed by atoms with Gasteiger partial charge in [-0.3, -0.25) is 4.79 Å². The molecule has 0 radical (unpaired) electrons. The van der Waals surface area contributed by atoms with Gasteiger partial charge in [0.1, 0.15) is 0 Å². The Balaban J connectivity index is 2.15. The van der Waals surface area contributed by atoms with Crippen LogP contribution in [0.15, 0.2) is 0 Å². The molecule has 14 heavy (non-hydrogen) atoms. The summed E-state index contributed by atoms with van der Waals surface area (Å²) in [6, 6.07) is 0. The first-order valence-electron chi connectivity index (χ1n) is 4.69. The molecule has 0 atom stereocenters. The molecule has 82 valence electrons. The van der Waals surface area contributed by atoms with Gasteiger partial charge in [-0.15, -0.1) is 0 Å². The molecule has 0 heterocycles. The van der Waals surface area contributed by atoms with Crippen LogP contribution in [-0.4, -0.2) is 31.8 Å². The highest BCUT2D eigenvalue weighted by Gasteiger charge is 2.23. The molecule has 1 rings (SSSR count). The predicted molar refractivity (Wildman–Crippen MR) is 51.4 cm³/mol. The highest BCUT2D eigenvalue weighted by Crippen LogP contribution is 2.32. The normalized spacial score (nSPS) is 16.9. The fourth-order valence-electron chi connectivity index (χ4n) is 1.11. The molecule has 0 saturated heterocycles. The lowest BCUT2D eigenvalue weighted by Gasteiger charge is -2.04. The Bertz CT molecular complexity index is 294. The maximum atomic E-state index is 11.2. The Morgan fingerprint density at radius 3 is 2.57 bits per heavy atom. The second-order valence-corrected chi connectivity index (χ2v) is 5.52. The second kappa shape index (κ2) is 4.75. The van der Waals surface area contributed by atoms with Crippen molar-refractivity contribution in [3.8, 4) is 0 Å². The molecule has 2 N–H and O–H groups in total. The molecule has 6 heteroatoms. The van der Waals surface area contributed by atoms with Crippen LogP contribution in [0.4, 0.5) is 0 Å². The summed E-state index contributed by atoms with van der Waals surface area (Å²) < 4.78 is 24.7. The van der Waals surface area contributed by atoms with Crippen molar-refractivity contribution in [1.82, 2.24) is 4.72 Å². The summed E-state index contributed by atoms with van der Waals surface area (Å²) in [4.78, 5) is 10.1. The van der Waals surface area contributed by atoms with Crippen LogP contribution >= 0.6 is 0 Å². The Morgan fingerprint density at radius 2 is 2.07 bits per heavy atom. The smallest absolute Gasteiger partial charge is 0.304 e. The van der Waals surface area contributed by atoms with Crippen LogP contribution < -0.4 is 4.72 Å². The molecule has 0 amide bonds. The third-order valence-corrected chi connectivity index (χ3v) is 3.57. The van der Waals surface area contributed by atoms with Crippen molar-refractivity contribution >= 4 is 16.0 Å². The number of carbonyl (C=O) groups is 1. The summed E-state index contributed by atoms with van der Waals surface area (Å²) in [5.74, 6) is -0.293. The number of carboxylic acids is 1. The minimum atomic E-state index is -3.25. The number of sulfonamides is 1. The third-order valence-electron chi connectivity index (χ3n) is 2.15. The van der Waals surface area contributed by atoms with Gasteiger partial charge in [0.2, 0.25) is 10.0 Å². The third kappa shape index (κ3) is 5.18. The topological polar surface area (TPSA) is 83.5 Å². The fourth-order valence-corrected chi connectivity index (χ4v) is 2.32. The molecule has 0 aromatic heterocycles. The molecule has 0 unspecified atom stereocenters. The van der Waals surface area contributed by atoms with Crippen LogP contribution in [0.25, 0.3) is 0 Å². The van der Waals surface area contributed by atoms with Gasteiger partial charge in [-0.25, -0.2) is 13.1 Å². The van der Waals surface area contributed by atoms with Gasteiger partial charge < -0.3 is 5.11 Å². The molecule has 0 aromatic rings. The van der Waals surface area contributed by atoms with Gasteiger partial charge in [0.05, 0.1) is 12.2 Å². The van der Waals surface area contributed by atoms with E-state index in [2.05, 4.69) is 4.72 Å². The number of nitrogens with one attached hydrogen (secondary N) is 1. The lowest BCUT2D eigenvalue weighted by Crippen LogP contribution is -2.28. The van der Waals surface area contributed by atoms with E-state index in [4.69, 9.17) is 5.11 Å². The van der Waals surface area contributed by atoms with E-state index in [9.17, 15) is 13.2 Å². The Kier molecular flexibility index (Phi) is 3.88. The summed E-state index contributed by atoms with van der Waals surface area (Å²) in [5, 5.41) is 8.30. The van der Waals surface area contributed by atoms with Crippen LogP contribution in [0, 0.1) is 5.92 Å². The molecule has 0 spiro atoms. The zero-order valence-corrected chi connectivity index (χ0v) is 8.72. The van der Waals surface area contributed by atoms with Crippen molar-refractivity contribution in [2.24, 2.45) is 5.92 Å². The SMILES string of the molecule is O=C(O)CCNS(=O)(=O)CCC1CC1. The predicted octanol–water partition coefficient (Wildman–Crippen LogP) is 0.181. The highest BCUT2D eigenvalue weighted by molar-refractivity contribution is 7.89. The Hall–Kier alpha value is -0.620. The Morgan fingerprint density at radius 1 is 1.43 bits per heavy atom. The van der Waals surface area contributed by atoms with Crippen LogP contribution in [0.5, 0.6) is 0 Å². The summed E-state index contributed by atoms with van der Waals surface area (Å²) in [6.45, 7) is -0.0116. The van der Waals surface area contributed by atoms with E-state index in [1.807, 2.05) is 0 Å². The number of hydrogen-bond donors (Lipinski definition) is 2. The first-order chi connectivity index (χ1) is 6.49. The summed E-state index contributed by atoms with van der Waals surface area (Å²) in [5.41, 5.74) is 0. The second-order valence-electron chi connectivity index (χ2n) is 3.59. The van der Waals surface area contributed by atoms with Crippen molar-refractivity contribution in [3.63, 3.8) is 0 Å². The van der Waals surface area contributed by atoms with Gasteiger partial charge in [0, 0.05) is 6.54 Å². The van der Waals surface area contributed by atoms with Crippen LogP contribution in [0.3, 0.4) is 0 Å². The molecular weight excluding hydrogens is 206 g/mol. The minimum absolute atomic E-state index is 0.0116. The van der Waals surface area contributed by atoms with Crippen molar-refractivity contribution in [2.75, 3.05) is 12.3 Å². The van der Waals surface area contributed by atoms with Gasteiger partial charge in [-0.1, -0.05) is 12.8 Å². The van der Waals surface area contributed by atoms with E-state index < -0.39 is 16.0 Å². The molecule has 5 nitrogen and oxygen atoms in total. The van der Waals surface area contributed by atoms with Crippen molar-refractivity contribution in [3.05, 3.63) is 0 Å². The minimum Gasteiger partial charge on any atom is -0.481 e. The van der Waals surface area contributed by atoms with Crippen molar-refractivity contribution in [1.29, 1.82) is 0 Å². The van der Waals surface area contributed by atoms with Gasteiger partial charge in [-0.2, -0.15) is 0 Å². The zero-order valence-electron chi connectivity index (χ0n) is 7.90. The summed E-state index contributed by atoms with van der Waals surface area (Å²) in [7, 11) is -3.25. The van der Waals surface area contributed by atoms with E-state index >= 15 is 0 Å². The van der Waals surface area contributed by atoms with E-state index in [0.717, 1.165) is 12.8 Å². The number of carboxylic acid groups (broad SMARTS) is 1. The first-order valence-corrected chi connectivity index (χ1v) is 6.34. The molecule has 1 aliphatic rings. The lowest BCUT2D eigenvalue weighted by atomic mass is 10.3. The van der Waals surface area contributed by atoms with Crippen molar-refractivity contribution < 1.29 is 18.3 Å². The van der Waals surface area contributed by atoms with Gasteiger partial charge in [0.25, 0.3) is 0 Å². The molecule has 0 aliphatic heterocycles. The van der Waals surface area contributed by atoms with Crippen molar-refractivity contribution in [2.45, 2.75) is 25.7 Å². The van der Waals surface area contributed by atoms with Gasteiger partial charge >= 0.3 is 5.97 Å². The average molecular weight is 221 g/mol. The lowest BCUT2D eigenvalue weighted by molar-refractivity contribution is -0.136. The van der Waals surface area contributed by atoms with E-state index in [1.165, 1.54) is 0 Å². The first kappa shape index (κ1) is 11.5. The fraction of sp³-hybridized carbons (Fsp3) is 0.875. The van der Waals surface area contributed by atoms with Crippen LogP contribution in [-0.2, 0) is 14.8 Å². The quantitative estimate of drug-likeness (QED) is 0.642. The number of aliphatic carboxylic acids is 1. The van der Waals surface area contributed by atoms with E-state index in [-0.39, 0.29) is 18.7 Å². The molecule has 1 aliphatic carbocycles. The number of hydrogen-bond acceptors (Lipinski definition) is 3. The molecule has 0 bridgehead atoms. The van der Waals surface area contributed by atoms with E-state index in [1.54, 1.807) is 0 Å². The van der Waals surface area contributed by atoms with Crippen LogP contribution in [0.2, 0.25) is 0 Å². The Labute approximate surface area is 83.6 Å². The highest BCUT2D eigenvalue weighted by atomic mass is 32.2. The zero-order chi connectivity index (χ0) is 10.6. The average Bonchev–Trinajstić information content (AvgIpc) is 2.82. The molecule has 1 saturated carbocycles. The van der Waals surface area contributed by atoms with Gasteiger partial charge in [-0.05, 0) is 12.3 Å². The van der Waals surface area contributed by atoms with Gasteiger partial charge in [0.15, 0.2) is 0 Å². The van der Waals surface area contributed by atoms with E-state index in [0.29, 0.717) is 12.3 Å². The monoisotopic (exact) mass is 221 g/mol. The maximum Gasteiger partial charge on any atom is 0.304 e. The summed E-state index contributed by atoms with van der Waals surface area (Å²) >= 11 is 0. The maximum absolute atomic E-state index is 11.2. The standard InChI is InChI=1S/C8H15NO4S/c10-8(11)3-5-9-14(12,13)6-4-7-1-2-7/h7,9H,1-6H2,(H,10,11). The van der Waals surface area contributed by atoms with Crippen LogP contribution in [0.1, 0.15) is 25.7 Å². The largest absolute Gasteiger partial charge is 0.481 e. The molecule has 0 aromatic carbocycles. The molecule has 1 fully saturated rings. The summed E-state index contributed by atoms with van der Waals surface area (Å²) in [6.07, 6.45) is 2.79. The molecular formula is C8H15NO4S.